The van der Waals surface area contributed by atoms with Crippen molar-refractivity contribution in [3.05, 3.63) is 0 Å². The van der Waals surface area contributed by atoms with Gasteiger partial charge in [-0.1, -0.05) is 6.92 Å². The molecule has 0 saturated carbocycles. The lowest BCUT2D eigenvalue weighted by molar-refractivity contribution is -0.152. The fourth-order valence-corrected chi connectivity index (χ4v) is 3.68. The fourth-order valence-electron chi connectivity index (χ4n) is 2.53. The highest BCUT2D eigenvalue weighted by Gasteiger charge is 2.46. The van der Waals surface area contributed by atoms with E-state index in [0.717, 1.165) is 19.4 Å². The smallest absolute Gasteiger partial charge is 0.327 e. The number of nitrogens with one attached hydrogen (secondary N) is 1. The molecule has 2 aliphatic rings. The molecule has 2 rings (SSSR count). The molecular formula is C11H18N2O3S. The number of thioether (sulfide) groups is 1. The van der Waals surface area contributed by atoms with Crippen LogP contribution in [0.25, 0.3) is 0 Å². The lowest BCUT2D eigenvalue weighted by Crippen LogP contribution is -2.50. The van der Waals surface area contributed by atoms with E-state index in [-0.39, 0.29) is 11.3 Å². The predicted molar refractivity (Wildman–Crippen MR) is 65.8 cm³/mol. The van der Waals surface area contributed by atoms with E-state index in [4.69, 9.17) is 5.11 Å². The minimum absolute atomic E-state index is 0.0161. The molecule has 0 bridgehead atoms. The van der Waals surface area contributed by atoms with Gasteiger partial charge in [0.2, 0.25) is 5.91 Å². The summed E-state index contributed by atoms with van der Waals surface area (Å²) < 4.78 is 0. The van der Waals surface area contributed by atoms with Crippen LogP contribution in [-0.4, -0.2) is 52.6 Å². The molecule has 1 amide bonds. The molecule has 2 unspecified atom stereocenters. The molecule has 2 heterocycles. The SMILES string of the molecule is CCC1(C(=O)N2CSCC2C(=O)O)CCNC1. The quantitative estimate of drug-likeness (QED) is 0.765. The Hall–Kier alpha value is -0.750. The van der Waals surface area contributed by atoms with Crippen LogP contribution in [-0.2, 0) is 9.59 Å². The average Bonchev–Trinajstić information content (AvgIpc) is 2.98. The Labute approximate surface area is 105 Å². The van der Waals surface area contributed by atoms with E-state index in [9.17, 15) is 9.59 Å². The zero-order valence-corrected chi connectivity index (χ0v) is 10.8. The molecule has 0 aliphatic carbocycles. The van der Waals surface area contributed by atoms with E-state index < -0.39 is 12.0 Å². The van der Waals surface area contributed by atoms with Crippen molar-refractivity contribution in [1.29, 1.82) is 0 Å². The molecule has 17 heavy (non-hydrogen) atoms. The van der Waals surface area contributed by atoms with Gasteiger partial charge in [0.05, 0.1) is 11.3 Å². The number of nitrogens with zero attached hydrogens (tertiary/aromatic N) is 1. The van der Waals surface area contributed by atoms with Crippen molar-refractivity contribution in [2.45, 2.75) is 25.8 Å². The van der Waals surface area contributed by atoms with Crippen molar-refractivity contribution in [2.75, 3.05) is 24.7 Å². The van der Waals surface area contributed by atoms with Gasteiger partial charge in [-0.3, -0.25) is 4.79 Å². The summed E-state index contributed by atoms with van der Waals surface area (Å²) in [7, 11) is 0. The van der Waals surface area contributed by atoms with Crippen LogP contribution in [0.4, 0.5) is 0 Å². The van der Waals surface area contributed by atoms with Gasteiger partial charge in [0.25, 0.3) is 0 Å². The van der Waals surface area contributed by atoms with E-state index in [1.807, 2.05) is 6.92 Å². The summed E-state index contributed by atoms with van der Waals surface area (Å²) in [4.78, 5) is 25.2. The second-order valence-corrected chi connectivity index (χ2v) is 5.69. The molecule has 5 nitrogen and oxygen atoms in total. The third kappa shape index (κ3) is 2.15. The van der Waals surface area contributed by atoms with Crippen LogP contribution in [0.1, 0.15) is 19.8 Å². The van der Waals surface area contributed by atoms with Gasteiger partial charge in [-0.05, 0) is 19.4 Å². The van der Waals surface area contributed by atoms with Crippen LogP contribution >= 0.6 is 11.8 Å². The van der Waals surface area contributed by atoms with Gasteiger partial charge >= 0.3 is 5.97 Å². The Morgan fingerprint density at radius 2 is 2.35 bits per heavy atom. The highest BCUT2D eigenvalue weighted by atomic mass is 32.2. The maximum absolute atomic E-state index is 12.5. The summed E-state index contributed by atoms with van der Waals surface area (Å²) in [6.07, 6.45) is 1.59. The van der Waals surface area contributed by atoms with Gasteiger partial charge in [0.1, 0.15) is 6.04 Å². The number of carboxylic acid groups (broad SMARTS) is 1. The van der Waals surface area contributed by atoms with Crippen LogP contribution in [0.3, 0.4) is 0 Å². The molecule has 2 atom stereocenters. The monoisotopic (exact) mass is 258 g/mol. The normalized spacial score (nSPS) is 33.0. The summed E-state index contributed by atoms with van der Waals surface area (Å²) in [6.45, 7) is 3.53. The van der Waals surface area contributed by atoms with E-state index in [2.05, 4.69) is 5.32 Å². The minimum atomic E-state index is -0.888. The second-order valence-electron chi connectivity index (χ2n) is 4.69. The topological polar surface area (TPSA) is 69.6 Å². The Morgan fingerprint density at radius 3 is 2.88 bits per heavy atom. The first-order valence-electron chi connectivity index (χ1n) is 5.93. The average molecular weight is 258 g/mol. The van der Waals surface area contributed by atoms with Crippen molar-refractivity contribution in [2.24, 2.45) is 5.41 Å². The molecule has 2 fully saturated rings. The first-order chi connectivity index (χ1) is 8.10. The Kier molecular flexibility index (Phi) is 3.63. The number of hydrogen-bond acceptors (Lipinski definition) is 4. The molecule has 2 aliphatic heterocycles. The van der Waals surface area contributed by atoms with Crippen molar-refractivity contribution in [1.82, 2.24) is 10.2 Å². The van der Waals surface area contributed by atoms with E-state index >= 15 is 0 Å². The van der Waals surface area contributed by atoms with E-state index in [0.29, 0.717) is 18.2 Å². The highest BCUT2D eigenvalue weighted by molar-refractivity contribution is 7.99. The molecule has 0 aromatic heterocycles. The van der Waals surface area contributed by atoms with Gasteiger partial charge in [-0.2, -0.15) is 0 Å². The molecule has 2 N–H and O–H groups in total. The first-order valence-corrected chi connectivity index (χ1v) is 7.08. The van der Waals surface area contributed by atoms with Gasteiger partial charge < -0.3 is 15.3 Å². The summed E-state index contributed by atoms with van der Waals surface area (Å²) in [5.41, 5.74) is -0.376. The van der Waals surface area contributed by atoms with Crippen LogP contribution in [0, 0.1) is 5.41 Å². The summed E-state index contributed by atoms with van der Waals surface area (Å²) in [5, 5.41) is 12.3. The third-order valence-corrected chi connectivity index (χ3v) is 4.81. The van der Waals surface area contributed by atoms with Crippen LogP contribution in [0.5, 0.6) is 0 Å². The summed E-state index contributed by atoms with van der Waals surface area (Å²) in [5.74, 6) is 0.147. The molecule has 0 aromatic carbocycles. The van der Waals surface area contributed by atoms with E-state index in [1.165, 1.54) is 11.8 Å². The van der Waals surface area contributed by atoms with Crippen molar-refractivity contribution >= 4 is 23.6 Å². The lowest BCUT2D eigenvalue weighted by atomic mass is 9.82. The van der Waals surface area contributed by atoms with Gasteiger partial charge in [0, 0.05) is 12.3 Å². The van der Waals surface area contributed by atoms with E-state index in [1.54, 1.807) is 4.90 Å². The molecule has 0 radical (unpaired) electrons. The number of hydrogen-bond donors (Lipinski definition) is 2. The number of carbonyl (C=O) groups is 2. The molecule has 2 saturated heterocycles. The maximum atomic E-state index is 12.5. The first kappa shape index (κ1) is 12.7. The zero-order chi connectivity index (χ0) is 12.5. The number of carbonyl (C=O) groups excluding carboxylic acids is 1. The van der Waals surface area contributed by atoms with Gasteiger partial charge in [0.15, 0.2) is 0 Å². The highest BCUT2D eigenvalue weighted by Crippen LogP contribution is 2.35. The van der Waals surface area contributed by atoms with Crippen molar-refractivity contribution < 1.29 is 14.7 Å². The molecule has 6 heteroatoms. The Bertz CT molecular complexity index is 329. The summed E-state index contributed by atoms with van der Waals surface area (Å²) >= 11 is 1.52. The minimum Gasteiger partial charge on any atom is -0.480 e. The number of aliphatic carboxylic acids is 1. The standard InChI is InChI=1S/C11H18N2O3S/c1-2-11(3-4-12-6-11)10(16)13-7-17-5-8(13)9(14)15/h8,12H,2-7H2,1H3,(H,14,15). The van der Waals surface area contributed by atoms with Crippen LogP contribution < -0.4 is 5.32 Å². The number of carboxylic acids is 1. The second kappa shape index (κ2) is 4.86. The zero-order valence-electron chi connectivity index (χ0n) is 9.94. The molecular weight excluding hydrogens is 240 g/mol. The van der Waals surface area contributed by atoms with Crippen molar-refractivity contribution in [3.8, 4) is 0 Å². The molecule has 96 valence electrons. The maximum Gasteiger partial charge on any atom is 0.327 e. The fraction of sp³-hybridized carbons (Fsp3) is 0.818. The Morgan fingerprint density at radius 1 is 1.59 bits per heavy atom. The lowest BCUT2D eigenvalue weighted by Gasteiger charge is -2.32. The van der Waals surface area contributed by atoms with Gasteiger partial charge in [-0.15, -0.1) is 11.8 Å². The third-order valence-electron chi connectivity index (χ3n) is 3.80. The largest absolute Gasteiger partial charge is 0.480 e. The van der Waals surface area contributed by atoms with Crippen LogP contribution in [0.2, 0.25) is 0 Å². The summed E-state index contributed by atoms with van der Waals surface area (Å²) in [6, 6.07) is -0.642. The molecule has 0 aromatic rings. The van der Waals surface area contributed by atoms with Crippen LogP contribution in [0.15, 0.2) is 0 Å². The van der Waals surface area contributed by atoms with Gasteiger partial charge in [-0.25, -0.2) is 4.79 Å². The number of amides is 1. The predicted octanol–water partition coefficient (Wildman–Crippen LogP) is 0.362. The number of rotatable bonds is 3. The molecule has 0 spiro atoms. The Balaban J connectivity index is 2.15. The van der Waals surface area contributed by atoms with Crippen molar-refractivity contribution in [3.63, 3.8) is 0 Å².